The molecule has 1 heterocycles. The molecule has 0 bridgehead atoms. The van der Waals surface area contributed by atoms with Crippen LogP contribution in [-0.2, 0) is 18.0 Å². The highest BCUT2D eigenvalue weighted by atomic mass is 28.3. The third-order valence-corrected chi connectivity index (χ3v) is 7.49. The zero-order chi connectivity index (χ0) is 24.0. The first-order chi connectivity index (χ1) is 17.0. The zero-order valence-electron chi connectivity index (χ0n) is 20.4. The van der Waals surface area contributed by atoms with Gasteiger partial charge in [-0.25, -0.2) is 0 Å². The molecule has 0 amide bonds. The molecule has 0 fully saturated rings. The van der Waals surface area contributed by atoms with Crippen molar-refractivity contribution in [2.24, 2.45) is 0 Å². The van der Waals surface area contributed by atoms with E-state index in [1.807, 2.05) is 6.07 Å². The Kier molecular flexibility index (Phi) is 5.37. The molecule has 0 saturated carbocycles. The molecule has 0 radical (unpaired) electrons. The van der Waals surface area contributed by atoms with Crippen LogP contribution in [-0.4, -0.2) is 8.07 Å². The third-order valence-electron chi connectivity index (χ3n) is 6.62. The van der Waals surface area contributed by atoms with Gasteiger partial charge in [-0.1, -0.05) is 104 Å². The number of fused-ring (bicyclic) bond motifs is 6. The summed E-state index contributed by atoms with van der Waals surface area (Å²) in [5.74, 6) is 4.59. The number of rotatable bonds is 3. The standard InChI is InChI=1S/C32H28O2Si/c1-35(2,3)18-17-27-30-24-14-8-7-13-23(24)21-33-29(30)19-28-25-15-9-10-16-26(25)32(31(27)28)34-20-22-11-5-4-6-12-22/h4-16,19,32H,20-21H2,1-3H3. The minimum absolute atomic E-state index is 0.174. The van der Waals surface area contributed by atoms with E-state index in [0.717, 1.165) is 16.9 Å². The molecular weight excluding hydrogens is 444 g/mol. The predicted molar refractivity (Wildman–Crippen MR) is 145 cm³/mol. The smallest absolute Gasteiger partial charge is 0.129 e. The lowest BCUT2D eigenvalue weighted by molar-refractivity contribution is 0.0694. The minimum Gasteiger partial charge on any atom is -0.488 e. The van der Waals surface area contributed by atoms with Gasteiger partial charge in [0.25, 0.3) is 0 Å². The Morgan fingerprint density at radius 2 is 1.57 bits per heavy atom. The summed E-state index contributed by atoms with van der Waals surface area (Å²) in [5.41, 5.74) is 14.2. The Morgan fingerprint density at radius 1 is 0.857 bits per heavy atom. The van der Waals surface area contributed by atoms with E-state index in [1.165, 1.54) is 38.9 Å². The van der Waals surface area contributed by atoms with Crippen molar-refractivity contribution >= 4 is 8.07 Å². The molecule has 4 aromatic rings. The first-order valence-corrected chi connectivity index (χ1v) is 15.7. The first-order valence-electron chi connectivity index (χ1n) is 12.2. The van der Waals surface area contributed by atoms with Gasteiger partial charge in [-0.05, 0) is 39.4 Å². The summed E-state index contributed by atoms with van der Waals surface area (Å²) in [4.78, 5) is 0. The average Bonchev–Trinajstić information content (AvgIpc) is 3.18. The van der Waals surface area contributed by atoms with Gasteiger partial charge in [0, 0.05) is 16.7 Å². The molecular formula is C32H28O2Si. The van der Waals surface area contributed by atoms with E-state index in [1.54, 1.807) is 0 Å². The van der Waals surface area contributed by atoms with Crippen LogP contribution in [0.5, 0.6) is 5.75 Å². The molecule has 0 spiro atoms. The summed E-state index contributed by atoms with van der Waals surface area (Å²) in [6.07, 6.45) is -0.174. The van der Waals surface area contributed by atoms with Crippen molar-refractivity contribution < 1.29 is 9.47 Å². The summed E-state index contributed by atoms with van der Waals surface area (Å²) in [6.45, 7) is 8.00. The molecule has 1 atom stereocenters. The summed E-state index contributed by atoms with van der Waals surface area (Å²) in [5, 5.41) is 0. The molecule has 1 aliphatic heterocycles. The third kappa shape index (κ3) is 3.99. The van der Waals surface area contributed by atoms with Crippen LogP contribution >= 0.6 is 0 Å². The fourth-order valence-electron chi connectivity index (χ4n) is 5.03. The molecule has 0 saturated heterocycles. The Morgan fingerprint density at radius 3 is 2.37 bits per heavy atom. The summed E-state index contributed by atoms with van der Waals surface area (Å²) in [7, 11) is -1.63. The first kappa shape index (κ1) is 21.9. The van der Waals surface area contributed by atoms with E-state index in [4.69, 9.17) is 9.47 Å². The predicted octanol–water partition coefficient (Wildman–Crippen LogP) is 7.76. The Hall–Kier alpha value is -3.58. The van der Waals surface area contributed by atoms with Crippen LogP contribution in [0.4, 0.5) is 0 Å². The van der Waals surface area contributed by atoms with Crippen LogP contribution in [0.1, 0.15) is 33.9 Å². The van der Waals surface area contributed by atoms with Crippen LogP contribution in [0, 0.1) is 11.5 Å². The monoisotopic (exact) mass is 472 g/mol. The molecule has 4 aromatic carbocycles. The van der Waals surface area contributed by atoms with Gasteiger partial charge in [-0.2, -0.15) is 0 Å². The van der Waals surface area contributed by atoms with Crippen LogP contribution < -0.4 is 4.74 Å². The lowest BCUT2D eigenvalue weighted by Crippen LogP contribution is -2.17. The van der Waals surface area contributed by atoms with Gasteiger partial charge in [0.1, 0.15) is 26.5 Å². The highest BCUT2D eigenvalue weighted by molar-refractivity contribution is 6.83. The van der Waals surface area contributed by atoms with E-state index < -0.39 is 8.07 Å². The van der Waals surface area contributed by atoms with E-state index in [0.29, 0.717) is 13.2 Å². The Balaban J connectivity index is 1.59. The van der Waals surface area contributed by atoms with Crippen molar-refractivity contribution in [3.05, 3.63) is 113 Å². The van der Waals surface area contributed by atoms with Gasteiger partial charge in [0.05, 0.1) is 6.61 Å². The second kappa shape index (κ2) is 8.57. The molecule has 172 valence electrons. The zero-order valence-corrected chi connectivity index (χ0v) is 21.4. The lowest BCUT2D eigenvalue weighted by atomic mass is 9.87. The van der Waals surface area contributed by atoms with Crippen molar-refractivity contribution in [1.29, 1.82) is 0 Å². The highest BCUT2D eigenvalue weighted by Gasteiger charge is 2.36. The topological polar surface area (TPSA) is 18.5 Å². The van der Waals surface area contributed by atoms with Crippen molar-refractivity contribution in [2.75, 3.05) is 0 Å². The molecule has 0 aromatic heterocycles. The maximum Gasteiger partial charge on any atom is 0.129 e. The molecule has 1 unspecified atom stereocenters. The van der Waals surface area contributed by atoms with Crippen molar-refractivity contribution in [3.63, 3.8) is 0 Å². The van der Waals surface area contributed by atoms with Gasteiger partial charge in [-0.15, -0.1) is 5.54 Å². The normalized spacial score (nSPS) is 15.1. The van der Waals surface area contributed by atoms with Crippen LogP contribution in [0.15, 0.2) is 84.9 Å². The second-order valence-corrected chi connectivity index (χ2v) is 15.0. The van der Waals surface area contributed by atoms with Gasteiger partial charge < -0.3 is 9.47 Å². The number of hydrogen-bond donors (Lipinski definition) is 0. The fourth-order valence-corrected chi connectivity index (χ4v) is 5.53. The molecule has 3 heteroatoms. The van der Waals surface area contributed by atoms with E-state index >= 15 is 0 Å². The summed E-state index contributed by atoms with van der Waals surface area (Å²) in [6, 6.07) is 29.7. The van der Waals surface area contributed by atoms with Gasteiger partial charge in [0.15, 0.2) is 0 Å². The number of ether oxygens (including phenoxy) is 2. The Bertz CT molecular complexity index is 1490. The Labute approximate surface area is 208 Å². The van der Waals surface area contributed by atoms with Crippen LogP contribution in [0.25, 0.3) is 22.3 Å². The van der Waals surface area contributed by atoms with Crippen LogP contribution in [0.3, 0.4) is 0 Å². The SMILES string of the molecule is C[Si](C)(C)C#Cc1c2c(cc3c1C(OCc1ccccc1)c1ccccc1-3)OCc1ccccc1-2. The number of benzene rings is 4. The number of hydrogen-bond acceptors (Lipinski definition) is 2. The van der Waals surface area contributed by atoms with Gasteiger partial charge >= 0.3 is 0 Å². The van der Waals surface area contributed by atoms with Crippen molar-refractivity contribution in [1.82, 2.24) is 0 Å². The highest BCUT2D eigenvalue weighted by Crippen LogP contribution is 2.53. The molecule has 1 aliphatic carbocycles. The molecule has 2 nitrogen and oxygen atoms in total. The maximum absolute atomic E-state index is 6.70. The second-order valence-electron chi connectivity index (χ2n) is 10.3. The van der Waals surface area contributed by atoms with E-state index in [9.17, 15) is 0 Å². The fraction of sp³-hybridized carbons (Fsp3) is 0.188. The molecule has 35 heavy (non-hydrogen) atoms. The molecule has 6 rings (SSSR count). The van der Waals surface area contributed by atoms with E-state index in [-0.39, 0.29) is 6.10 Å². The maximum atomic E-state index is 6.70. The van der Waals surface area contributed by atoms with Crippen molar-refractivity contribution in [3.8, 4) is 39.5 Å². The largest absolute Gasteiger partial charge is 0.488 e. The summed E-state index contributed by atoms with van der Waals surface area (Å²) >= 11 is 0. The molecule has 0 N–H and O–H groups in total. The average molecular weight is 473 g/mol. The summed E-state index contributed by atoms with van der Waals surface area (Å²) < 4.78 is 13.0. The quantitative estimate of drug-likeness (QED) is 0.224. The van der Waals surface area contributed by atoms with Gasteiger partial charge in [-0.3, -0.25) is 0 Å². The van der Waals surface area contributed by atoms with Crippen molar-refractivity contribution in [2.45, 2.75) is 39.0 Å². The van der Waals surface area contributed by atoms with E-state index in [2.05, 4.69) is 110 Å². The minimum atomic E-state index is -1.63. The lowest BCUT2D eigenvalue weighted by Gasteiger charge is -2.25. The van der Waals surface area contributed by atoms with Gasteiger partial charge in [0.2, 0.25) is 0 Å². The van der Waals surface area contributed by atoms with Crippen LogP contribution in [0.2, 0.25) is 19.6 Å². The molecule has 2 aliphatic rings.